The molecule has 1 fully saturated rings. The lowest BCUT2D eigenvalue weighted by Gasteiger charge is -2.51. The zero-order valence-corrected chi connectivity index (χ0v) is 26.8. The molecule has 2 aromatic rings. The van der Waals surface area contributed by atoms with E-state index in [2.05, 4.69) is 28.7 Å². The fourth-order valence-corrected chi connectivity index (χ4v) is 9.05. The van der Waals surface area contributed by atoms with Crippen molar-refractivity contribution in [3.63, 3.8) is 0 Å². The lowest BCUT2D eigenvalue weighted by Crippen LogP contribution is -2.52. The number of nitrogens with zero attached hydrogens (tertiary/aromatic N) is 1. The molecule has 230 valence electrons. The number of ketones is 1. The number of halogens is 1. The Morgan fingerprint density at radius 3 is 2.65 bits per heavy atom. The van der Waals surface area contributed by atoms with Gasteiger partial charge in [-0.25, -0.2) is 13.1 Å². The van der Waals surface area contributed by atoms with Crippen molar-refractivity contribution in [3.8, 4) is 5.75 Å². The summed E-state index contributed by atoms with van der Waals surface area (Å²) in [7, 11) is -3.95. The van der Waals surface area contributed by atoms with Gasteiger partial charge in [0.15, 0.2) is 5.78 Å². The number of carbonyl (C=O) groups is 2. The molecule has 5 atom stereocenters. The number of nitrogens with one attached hydrogen (secondary N) is 1. The molecule has 2 aliphatic carbocycles. The van der Waals surface area contributed by atoms with Gasteiger partial charge in [0, 0.05) is 35.5 Å². The first-order valence-corrected chi connectivity index (χ1v) is 17.4. The molecule has 2 aliphatic heterocycles. The lowest BCUT2D eigenvalue weighted by molar-refractivity contribution is -0.118. The van der Waals surface area contributed by atoms with Crippen molar-refractivity contribution in [2.24, 2.45) is 17.3 Å². The molecule has 9 heteroatoms. The maximum atomic E-state index is 13.4. The topological polar surface area (TPSA) is 92.8 Å². The maximum Gasteiger partial charge on any atom is 0.264 e. The standard InChI is InChI=1S/C34H41ClN2O5S/c1-22-6-4-8-28(38)18-26-13-15-33(26,3)19-37-20-34(14-5-7-24-16-27(35)10-11-29(24)34)21-42-31-12-9-25(17-30(31)37)32(39)36-43(40,41)23(22)2/h4,8-12,16-17,22-23,26H,5-7,13-15,18-21H2,1-3H3,(H,36,39)/b8-4+/t22?,23?,26-,33?,34?/m1/s1. The Labute approximate surface area is 260 Å². The van der Waals surface area contributed by atoms with E-state index in [4.69, 9.17) is 16.3 Å². The van der Waals surface area contributed by atoms with Gasteiger partial charge in [0.05, 0.1) is 17.5 Å². The summed E-state index contributed by atoms with van der Waals surface area (Å²) >= 11 is 6.40. The Morgan fingerprint density at radius 1 is 1.07 bits per heavy atom. The van der Waals surface area contributed by atoms with Crippen LogP contribution in [-0.4, -0.2) is 45.1 Å². The Balaban J connectivity index is 1.44. The van der Waals surface area contributed by atoms with Crippen molar-refractivity contribution >= 4 is 39.0 Å². The Hall–Kier alpha value is -2.84. The normalized spacial score (nSPS) is 33.1. The second-order valence-corrected chi connectivity index (χ2v) is 16.1. The van der Waals surface area contributed by atoms with Crippen molar-refractivity contribution in [1.82, 2.24) is 4.72 Å². The molecule has 43 heavy (non-hydrogen) atoms. The van der Waals surface area contributed by atoms with Crippen LogP contribution >= 0.6 is 11.6 Å². The average Bonchev–Trinajstić information content (AvgIpc) is 3.11. The van der Waals surface area contributed by atoms with Crippen molar-refractivity contribution in [2.45, 2.75) is 76.4 Å². The van der Waals surface area contributed by atoms with Crippen LogP contribution in [0.2, 0.25) is 5.02 Å². The average molecular weight is 625 g/mol. The van der Waals surface area contributed by atoms with Crippen LogP contribution in [0.25, 0.3) is 0 Å². The minimum Gasteiger partial charge on any atom is -0.490 e. The Bertz CT molecular complexity index is 1590. The second-order valence-electron chi connectivity index (χ2n) is 13.6. The van der Waals surface area contributed by atoms with Crippen LogP contribution in [0.15, 0.2) is 48.6 Å². The molecule has 4 aliphatic rings. The minimum atomic E-state index is -3.95. The van der Waals surface area contributed by atoms with Gasteiger partial charge in [-0.3, -0.25) is 9.59 Å². The summed E-state index contributed by atoms with van der Waals surface area (Å²) in [5, 5.41) is -0.0884. The van der Waals surface area contributed by atoms with Gasteiger partial charge in [0.25, 0.3) is 5.91 Å². The van der Waals surface area contributed by atoms with E-state index < -0.39 is 21.2 Å². The van der Waals surface area contributed by atoms with Gasteiger partial charge in [-0.2, -0.15) is 0 Å². The highest BCUT2D eigenvalue weighted by molar-refractivity contribution is 7.90. The van der Waals surface area contributed by atoms with Crippen molar-refractivity contribution < 1.29 is 22.7 Å². The molecule has 0 saturated heterocycles. The monoisotopic (exact) mass is 624 g/mol. The number of rotatable bonds is 0. The first-order valence-electron chi connectivity index (χ1n) is 15.5. The number of allylic oxidation sites excluding steroid dienone is 2. The Kier molecular flexibility index (Phi) is 7.91. The summed E-state index contributed by atoms with van der Waals surface area (Å²) in [5.41, 5.74) is 3.19. The molecule has 4 unspecified atom stereocenters. The number of carbonyl (C=O) groups excluding carboxylic acids is 2. The third-order valence-corrected chi connectivity index (χ3v) is 12.8. The predicted octanol–water partition coefficient (Wildman–Crippen LogP) is 6.23. The van der Waals surface area contributed by atoms with Crippen LogP contribution in [0.4, 0.5) is 5.69 Å². The number of amides is 1. The molecule has 7 nitrogen and oxygen atoms in total. The fraction of sp³-hybridized carbons (Fsp3) is 0.529. The number of fused-ring (bicyclic) bond motifs is 4. The summed E-state index contributed by atoms with van der Waals surface area (Å²) in [6.45, 7) is 7.57. The molecule has 1 amide bonds. The van der Waals surface area contributed by atoms with Gasteiger partial charge in [0.1, 0.15) is 5.75 Å². The molecule has 2 heterocycles. The summed E-state index contributed by atoms with van der Waals surface area (Å²) in [4.78, 5) is 28.8. The van der Waals surface area contributed by atoms with Crippen LogP contribution < -0.4 is 14.4 Å². The van der Waals surface area contributed by atoms with Crippen LogP contribution in [0.1, 0.15) is 80.8 Å². The largest absolute Gasteiger partial charge is 0.490 e. The van der Waals surface area contributed by atoms with E-state index in [1.54, 1.807) is 37.3 Å². The molecule has 1 N–H and O–H groups in total. The molecular formula is C34H41ClN2O5S. The minimum absolute atomic E-state index is 0.0766. The van der Waals surface area contributed by atoms with Crippen LogP contribution in [-0.2, 0) is 26.7 Å². The van der Waals surface area contributed by atoms with E-state index in [1.807, 2.05) is 13.0 Å². The van der Waals surface area contributed by atoms with E-state index in [-0.39, 0.29) is 34.0 Å². The molecular weight excluding hydrogens is 584 g/mol. The van der Waals surface area contributed by atoms with Gasteiger partial charge in [0.2, 0.25) is 10.0 Å². The summed E-state index contributed by atoms with van der Waals surface area (Å²) in [6.07, 6.45) is 9.25. The number of hydrogen-bond acceptors (Lipinski definition) is 6. The number of aryl methyl sites for hydroxylation is 1. The molecule has 1 saturated carbocycles. The molecule has 1 spiro atoms. The van der Waals surface area contributed by atoms with E-state index in [0.29, 0.717) is 38.3 Å². The molecule has 2 bridgehead atoms. The van der Waals surface area contributed by atoms with Gasteiger partial charge in [-0.15, -0.1) is 0 Å². The highest BCUT2D eigenvalue weighted by atomic mass is 35.5. The summed E-state index contributed by atoms with van der Waals surface area (Å²) in [6, 6.07) is 11.4. The SMILES string of the molecule is CC1C/C=C/C(=O)C[C@H]2CCC2(C)CN2CC3(CCCc4cc(Cl)ccc43)COc3ccc(cc32)C(=O)NS(=O)(=O)C1C. The first-order chi connectivity index (χ1) is 20.4. The number of hydrogen-bond donors (Lipinski definition) is 1. The molecule has 6 rings (SSSR count). The fourth-order valence-electron chi connectivity index (χ4n) is 7.57. The van der Waals surface area contributed by atoms with Gasteiger partial charge < -0.3 is 9.64 Å². The summed E-state index contributed by atoms with van der Waals surface area (Å²) < 4.78 is 35.3. The lowest BCUT2D eigenvalue weighted by atomic mass is 9.59. The maximum absolute atomic E-state index is 13.4. The van der Waals surface area contributed by atoms with Gasteiger partial charge >= 0.3 is 0 Å². The highest BCUT2D eigenvalue weighted by Crippen LogP contribution is 2.52. The molecule has 2 aromatic carbocycles. The smallest absolute Gasteiger partial charge is 0.264 e. The number of anilines is 1. The van der Waals surface area contributed by atoms with E-state index in [0.717, 1.165) is 42.8 Å². The Morgan fingerprint density at radius 2 is 1.88 bits per heavy atom. The predicted molar refractivity (Wildman–Crippen MR) is 169 cm³/mol. The number of benzene rings is 2. The van der Waals surface area contributed by atoms with Gasteiger partial charge in [-0.05, 0) is 110 Å². The van der Waals surface area contributed by atoms with Crippen LogP contribution in [0.3, 0.4) is 0 Å². The zero-order valence-electron chi connectivity index (χ0n) is 25.2. The van der Waals surface area contributed by atoms with E-state index in [9.17, 15) is 18.0 Å². The van der Waals surface area contributed by atoms with Crippen LogP contribution in [0, 0.1) is 17.3 Å². The second kappa shape index (κ2) is 11.3. The zero-order chi connectivity index (χ0) is 30.6. The quantitative estimate of drug-likeness (QED) is 0.373. The molecule has 0 radical (unpaired) electrons. The third kappa shape index (κ3) is 5.73. The van der Waals surface area contributed by atoms with Gasteiger partial charge in [-0.1, -0.05) is 37.6 Å². The van der Waals surface area contributed by atoms with Crippen molar-refractivity contribution in [2.75, 3.05) is 24.6 Å². The van der Waals surface area contributed by atoms with E-state index in [1.165, 1.54) is 11.1 Å². The number of ether oxygens (including phenoxy) is 1. The van der Waals surface area contributed by atoms with Crippen LogP contribution in [0.5, 0.6) is 5.75 Å². The third-order valence-electron chi connectivity index (χ3n) is 10.7. The molecule has 0 aromatic heterocycles. The highest BCUT2D eigenvalue weighted by Gasteiger charge is 2.48. The summed E-state index contributed by atoms with van der Waals surface area (Å²) in [5.74, 6) is 0.0635. The van der Waals surface area contributed by atoms with E-state index >= 15 is 0 Å². The van der Waals surface area contributed by atoms with Crippen molar-refractivity contribution in [3.05, 3.63) is 70.3 Å². The first kappa shape index (κ1) is 30.2. The van der Waals surface area contributed by atoms with Crippen molar-refractivity contribution in [1.29, 1.82) is 0 Å². The number of sulfonamides is 1.